The molecule has 5 nitrogen and oxygen atoms in total. The second-order valence-electron chi connectivity index (χ2n) is 8.65. The van der Waals surface area contributed by atoms with Crippen LogP contribution in [-0.2, 0) is 4.74 Å². The Kier molecular flexibility index (Phi) is 3.81. The average molecular weight is 398 g/mol. The summed E-state index contributed by atoms with van der Waals surface area (Å²) in [4.78, 5) is 26.5. The summed E-state index contributed by atoms with van der Waals surface area (Å²) in [7, 11) is 0. The second kappa shape index (κ2) is 6.20. The normalized spacial score (nSPS) is 12.3. The van der Waals surface area contributed by atoms with Crippen LogP contribution in [0.25, 0.3) is 38.2 Å². The molecule has 0 spiro atoms. The van der Waals surface area contributed by atoms with E-state index in [-0.39, 0.29) is 5.56 Å². The van der Waals surface area contributed by atoms with Gasteiger partial charge in [-0.25, -0.2) is 9.36 Å². The number of hydrogen-bond donors (Lipinski definition) is 0. The van der Waals surface area contributed by atoms with Gasteiger partial charge in [0.15, 0.2) is 0 Å². The van der Waals surface area contributed by atoms with E-state index in [0.29, 0.717) is 11.0 Å². The molecule has 0 unspecified atom stereocenters. The largest absolute Gasteiger partial charge is 0.443 e. The Labute approximate surface area is 173 Å². The van der Waals surface area contributed by atoms with Crippen molar-refractivity contribution in [2.45, 2.75) is 33.3 Å². The van der Waals surface area contributed by atoms with Gasteiger partial charge in [0.2, 0.25) is 0 Å². The van der Waals surface area contributed by atoms with Crippen LogP contribution in [0.2, 0.25) is 0 Å². The van der Waals surface area contributed by atoms with E-state index in [1.54, 1.807) is 26.8 Å². The number of carbonyl (C=O) groups is 1. The molecular formula is C25H22N2O3. The van der Waals surface area contributed by atoms with E-state index >= 15 is 0 Å². The second-order valence-corrected chi connectivity index (χ2v) is 8.65. The van der Waals surface area contributed by atoms with Gasteiger partial charge in [0.25, 0.3) is 5.56 Å². The minimum absolute atomic E-state index is 0.386. The Morgan fingerprint density at radius 2 is 1.63 bits per heavy atom. The number of aryl methyl sites for hydroxylation is 1. The summed E-state index contributed by atoms with van der Waals surface area (Å²) in [6, 6.07) is 19.7. The lowest BCUT2D eigenvalue weighted by Crippen LogP contribution is -2.34. The zero-order valence-corrected chi connectivity index (χ0v) is 17.4. The fourth-order valence-electron chi connectivity index (χ4n) is 4.19. The lowest BCUT2D eigenvalue weighted by molar-refractivity contribution is 0.0539. The molecule has 2 heterocycles. The standard InChI is InChI=1S/C25H22N2O3/c1-15-8-7-11-20-22(15)26-19-13-12-16-9-5-6-10-17(16)18(19)14-21(26)23(28)27(20)24(29)30-25(2,3)4/h5-14H,1-4H3. The van der Waals surface area contributed by atoms with Gasteiger partial charge in [-0.3, -0.25) is 4.79 Å². The molecule has 3 aromatic carbocycles. The molecular weight excluding hydrogens is 376 g/mol. The molecule has 150 valence electrons. The summed E-state index contributed by atoms with van der Waals surface area (Å²) in [5.74, 6) is 0. The molecule has 0 fully saturated rings. The molecule has 2 aromatic heterocycles. The molecule has 5 heteroatoms. The molecule has 5 rings (SSSR count). The van der Waals surface area contributed by atoms with Crippen molar-refractivity contribution in [1.29, 1.82) is 0 Å². The average Bonchev–Trinajstić information content (AvgIpc) is 3.07. The maximum absolute atomic E-state index is 13.5. The molecule has 0 saturated carbocycles. The van der Waals surface area contributed by atoms with Crippen LogP contribution in [0.4, 0.5) is 4.79 Å². The third-order valence-electron chi connectivity index (χ3n) is 5.39. The summed E-state index contributed by atoms with van der Waals surface area (Å²) in [5.41, 5.74) is 2.63. The number of carbonyl (C=O) groups excluding carboxylic acids is 1. The number of ether oxygens (including phenoxy) is 1. The van der Waals surface area contributed by atoms with Crippen LogP contribution in [0, 0.1) is 6.92 Å². The van der Waals surface area contributed by atoms with Gasteiger partial charge in [0.05, 0.1) is 16.6 Å². The number of benzene rings is 3. The van der Waals surface area contributed by atoms with E-state index in [2.05, 4.69) is 18.2 Å². The van der Waals surface area contributed by atoms with Crippen molar-refractivity contribution >= 4 is 44.3 Å². The minimum atomic E-state index is -0.707. The first-order valence-electron chi connectivity index (χ1n) is 9.97. The number of fused-ring (bicyclic) bond motifs is 7. The van der Waals surface area contributed by atoms with Gasteiger partial charge in [0, 0.05) is 5.39 Å². The van der Waals surface area contributed by atoms with Crippen molar-refractivity contribution in [2.24, 2.45) is 0 Å². The van der Waals surface area contributed by atoms with E-state index in [9.17, 15) is 9.59 Å². The minimum Gasteiger partial charge on any atom is -0.443 e. The Morgan fingerprint density at radius 1 is 0.867 bits per heavy atom. The van der Waals surface area contributed by atoms with Crippen LogP contribution in [0.5, 0.6) is 0 Å². The lowest BCUT2D eigenvalue weighted by atomic mass is 10.1. The number of rotatable bonds is 0. The van der Waals surface area contributed by atoms with E-state index in [4.69, 9.17) is 4.74 Å². The maximum atomic E-state index is 13.5. The number of hydrogen-bond acceptors (Lipinski definition) is 3. The lowest BCUT2D eigenvalue weighted by Gasteiger charge is -2.21. The molecule has 0 atom stereocenters. The van der Waals surface area contributed by atoms with Gasteiger partial charge in [0.1, 0.15) is 11.1 Å². The van der Waals surface area contributed by atoms with Gasteiger partial charge in [-0.1, -0.05) is 42.5 Å². The fraction of sp³-hybridized carbons (Fsp3) is 0.200. The molecule has 0 aliphatic rings. The summed E-state index contributed by atoms with van der Waals surface area (Å²) in [5, 5.41) is 3.16. The van der Waals surface area contributed by atoms with Gasteiger partial charge < -0.3 is 9.14 Å². The zero-order valence-electron chi connectivity index (χ0n) is 17.4. The molecule has 0 amide bonds. The Hall–Kier alpha value is -3.60. The topological polar surface area (TPSA) is 52.7 Å². The van der Waals surface area contributed by atoms with Crippen molar-refractivity contribution in [3.05, 3.63) is 76.6 Å². The van der Waals surface area contributed by atoms with Crippen LogP contribution >= 0.6 is 0 Å². The summed E-state index contributed by atoms with van der Waals surface area (Å²) in [6.45, 7) is 7.36. The highest BCUT2D eigenvalue weighted by Gasteiger charge is 2.24. The quantitative estimate of drug-likeness (QED) is 0.339. The fourth-order valence-corrected chi connectivity index (χ4v) is 4.19. The first-order valence-corrected chi connectivity index (χ1v) is 9.97. The van der Waals surface area contributed by atoms with Crippen molar-refractivity contribution in [3.8, 4) is 0 Å². The highest BCUT2D eigenvalue weighted by Crippen LogP contribution is 2.31. The van der Waals surface area contributed by atoms with Crippen LogP contribution in [0.3, 0.4) is 0 Å². The number of para-hydroxylation sites is 1. The van der Waals surface area contributed by atoms with E-state index in [1.165, 1.54) is 0 Å². The molecule has 5 aromatic rings. The predicted octanol–water partition coefficient (Wildman–Crippen LogP) is 5.65. The van der Waals surface area contributed by atoms with Gasteiger partial charge >= 0.3 is 6.09 Å². The van der Waals surface area contributed by atoms with Crippen LogP contribution in [0.15, 0.2) is 65.5 Å². The predicted molar refractivity (Wildman–Crippen MR) is 121 cm³/mol. The van der Waals surface area contributed by atoms with Crippen molar-refractivity contribution < 1.29 is 9.53 Å². The van der Waals surface area contributed by atoms with Crippen molar-refractivity contribution in [1.82, 2.24) is 8.97 Å². The maximum Gasteiger partial charge on any atom is 0.422 e. The Morgan fingerprint density at radius 3 is 2.40 bits per heavy atom. The van der Waals surface area contributed by atoms with Crippen molar-refractivity contribution in [2.75, 3.05) is 0 Å². The number of aromatic nitrogens is 2. The summed E-state index contributed by atoms with van der Waals surface area (Å²) >= 11 is 0. The molecule has 30 heavy (non-hydrogen) atoms. The van der Waals surface area contributed by atoms with Gasteiger partial charge in [-0.2, -0.15) is 0 Å². The van der Waals surface area contributed by atoms with Crippen LogP contribution < -0.4 is 5.56 Å². The van der Waals surface area contributed by atoms with E-state index in [0.717, 1.165) is 37.3 Å². The molecule has 0 bridgehead atoms. The SMILES string of the molecule is Cc1cccc2c1n1c(cc3c4ccccc4ccc31)c(=O)n2C(=O)OC(C)(C)C. The van der Waals surface area contributed by atoms with Gasteiger partial charge in [-0.15, -0.1) is 0 Å². The van der Waals surface area contributed by atoms with E-state index in [1.807, 2.05) is 47.7 Å². The summed E-state index contributed by atoms with van der Waals surface area (Å²) < 4.78 is 8.69. The number of nitrogens with zero attached hydrogens (tertiary/aromatic N) is 2. The third-order valence-corrected chi connectivity index (χ3v) is 5.39. The summed E-state index contributed by atoms with van der Waals surface area (Å²) in [6.07, 6.45) is -0.666. The molecule has 0 aliphatic heterocycles. The Balaban J connectivity index is 2.00. The van der Waals surface area contributed by atoms with Crippen molar-refractivity contribution in [3.63, 3.8) is 0 Å². The third kappa shape index (κ3) is 2.62. The highest BCUT2D eigenvalue weighted by molar-refractivity contribution is 6.10. The van der Waals surface area contributed by atoms with E-state index < -0.39 is 11.7 Å². The highest BCUT2D eigenvalue weighted by atomic mass is 16.6. The Bertz CT molecular complexity index is 1550. The zero-order chi connectivity index (χ0) is 21.2. The van der Waals surface area contributed by atoms with Crippen LogP contribution in [0.1, 0.15) is 26.3 Å². The first kappa shape index (κ1) is 18.4. The monoisotopic (exact) mass is 398 g/mol. The molecule has 0 aliphatic carbocycles. The first-order chi connectivity index (χ1) is 14.3. The van der Waals surface area contributed by atoms with Crippen LogP contribution in [-0.4, -0.2) is 20.7 Å². The van der Waals surface area contributed by atoms with Gasteiger partial charge in [-0.05, 0) is 62.2 Å². The molecule has 0 N–H and O–H groups in total. The smallest absolute Gasteiger partial charge is 0.422 e. The molecule has 0 radical (unpaired) electrons. The molecule has 0 saturated heterocycles.